The third kappa shape index (κ3) is 9.92. The van der Waals surface area contributed by atoms with Gasteiger partial charge in [0, 0.05) is 19.0 Å². The first kappa shape index (κ1) is 34.2. The van der Waals surface area contributed by atoms with Crippen LogP contribution in [0.2, 0.25) is 0 Å². The molecule has 0 radical (unpaired) electrons. The molecule has 3 aromatic rings. The predicted molar refractivity (Wildman–Crippen MR) is 180 cm³/mol. The highest BCUT2D eigenvalue weighted by molar-refractivity contribution is 5.89. The van der Waals surface area contributed by atoms with E-state index >= 15 is 0 Å². The summed E-state index contributed by atoms with van der Waals surface area (Å²) in [6, 6.07) is 23.4. The van der Waals surface area contributed by atoms with E-state index in [1.54, 1.807) is 0 Å². The second kappa shape index (κ2) is 16.6. The third-order valence-electron chi connectivity index (χ3n) is 8.61. The van der Waals surface area contributed by atoms with Gasteiger partial charge in [-0.1, -0.05) is 69.3 Å². The van der Waals surface area contributed by atoms with Gasteiger partial charge in [-0.3, -0.25) is 9.69 Å². The van der Waals surface area contributed by atoms with Gasteiger partial charge in [-0.05, 0) is 110 Å². The topological polar surface area (TPSA) is 65.1 Å². The van der Waals surface area contributed by atoms with E-state index in [9.17, 15) is 9.59 Å². The molecule has 0 fully saturated rings. The molecule has 6 heteroatoms. The monoisotopic (exact) mass is 613 g/mol. The molecule has 4 rings (SSSR count). The van der Waals surface area contributed by atoms with Crippen LogP contribution in [-0.2, 0) is 39.1 Å². The summed E-state index contributed by atoms with van der Waals surface area (Å²) in [6.07, 6.45) is 6.09. The zero-order valence-corrected chi connectivity index (χ0v) is 27.9. The van der Waals surface area contributed by atoms with E-state index in [4.69, 9.17) is 14.2 Å². The Morgan fingerprint density at radius 1 is 0.889 bits per heavy atom. The number of nitrogens with zero attached hydrogens (tertiary/aromatic N) is 1. The molecule has 242 valence electrons. The number of para-hydroxylation sites is 1. The van der Waals surface area contributed by atoms with Crippen LogP contribution < -0.4 is 4.74 Å². The molecule has 3 aromatic carbocycles. The fourth-order valence-electron chi connectivity index (χ4n) is 6.13. The van der Waals surface area contributed by atoms with Gasteiger partial charge in [0.25, 0.3) is 0 Å². The molecule has 1 aliphatic carbocycles. The van der Waals surface area contributed by atoms with E-state index in [2.05, 4.69) is 74.2 Å². The molecule has 45 heavy (non-hydrogen) atoms. The van der Waals surface area contributed by atoms with E-state index in [1.807, 2.05) is 32.0 Å². The van der Waals surface area contributed by atoms with E-state index in [0.717, 1.165) is 62.9 Å². The van der Waals surface area contributed by atoms with Crippen LogP contribution in [0.1, 0.15) is 111 Å². The summed E-state index contributed by atoms with van der Waals surface area (Å²) in [5.74, 6) is 0.528. The number of unbranched alkanes of at least 4 members (excludes halogenated alkanes) is 1. The van der Waals surface area contributed by atoms with E-state index in [1.165, 1.54) is 22.3 Å². The molecule has 0 N–H and O–H groups in total. The maximum absolute atomic E-state index is 12.4. The quantitative estimate of drug-likeness (QED) is 0.127. The van der Waals surface area contributed by atoms with Gasteiger partial charge in [0.15, 0.2) is 0 Å². The molecule has 0 saturated heterocycles. The number of carbonyl (C=O) groups is 2. The highest BCUT2D eigenvalue weighted by atomic mass is 16.5. The van der Waals surface area contributed by atoms with Gasteiger partial charge in [0.1, 0.15) is 12.4 Å². The number of ether oxygens (including phenoxy) is 3. The van der Waals surface area contributed by atoms with Crippen molar-refractivity contribution < 1.29 is 23.8 Å². The second-order valence-corrected chi connectivity index (χ2v) is 12.9. The molecule has 1 aliphatic rings. The van der Waals surface area contributed by atoms with Crippen LogP contribution in [0, 0.1) is 0 Å². The molecule has 0 amide bonds. The zero-order valence-electron chi connectivity index (χ0n) is 27.9. The minimum absolute atomic E-state index is 0.124. The molecule has 1 unspecified atom stereocenters. The van der Waals surface area contributed by atoms with Crippen molar-refractivity contribution in [2.24, 2.45) is 0 Å². The van der Waals surface area contributed by atoms with Crippen molar-refractivity contribution in [1.29, 1.82) is 0 Å². The Morgan fingerprint density at radius 2 is 1.64 bits per heavy atom. The maximum Gasteiger partial charge on any atom is 0.338 e. The fraction of sp³-hybridized carbons (Fsp3) is 0.487. The van der Waals surface area contributed by atoms with Gasteiger partial charge in [-0.15, -0.1) is 0 Å². The molecular weight excluding hydrogens is 562 g/mol. The molecule has 0 heterocycles. The summed E-state index contributed by atoms with van der Waals surface area (Å²) in [4.78, 5) is 27.0. The second-order valence-electron chi connectivity index (χ2n) is 12.9. The lowest BCUT2D eigenvalue weighted by Crippen LogP contribution is -2.34. The van der Waals surface area contributed by atoms with Gasteiger partial charge in [0.2, 0.25) is 0 Å². The largest absolute Gasteiger partial charge is 0.489 e. The van der Waals surface area contributed by atoms with Crippen molar-refractivity contribution in [2.45, 2.75) is 97.6 Å². The molecule has 6 nitrogen and oxygen atoms in total. The SMILES string of the molecule is CCOC(=O)CCCCN(CCc1ccccc1OCc1ccc(C(C)(C)C)cc1)C1CCCc2cc(C(=O)OCC)ccc21. The lowest BCUT2D eigenvalue weighted by molar-refractivity contribution is -0.143. The maximum atomic E-state index is 12.4. The van der Waals surface area contributed by atoms with Gasteiger partial charge in [-0.2, -0.15) is 0 Å². The lowest BCUT2D eigenvalue weighted by atomic mass is 9.85. The fourth-order valence-corrected chi connectivity index (χ4v) is 6.13. The van der Waals surface area contributed by atoms with E-state index in [0.29, 0.717) is 31.8 Å². The Labute approximate surface area is 270 Å². The van der Waals surface area contributed by atoms with Gasteiger partial charge in [-0.25, -0.2) is 4.79 Å². The van der Waals surface area contributed by atoms with Crippen molar-refractivity contribution in [3.05, 3.63) is 100 Å². The number of hydrogen-bond acceptors (Lipinski definition) is 6. The average Bonchev–Trinajstić information content (AvgIpc) is 3.03. The molecule has 0 bridgehead atoms. The number of esters is 2. The summed E-state index contributed by atoms with van der Waals surface area (Å²) in [5.41, 5.74) is 6.93. The van der Waals surface area contributed by atoms with Crippen molar-refractivity contribution in [1.82, 2.24) is 4.90 Å². The Hall–Kier alpha value is -3.64. The Kier molecular flexibility index (Phi) is 12.6. The molecule has 0 spiro atoms. The summed E-state index contributed by atoms with van der Waals surface area (Å²) in [5, 5.41) is 0. The zero-order chi connectivity index (χ0) is 32.2. The van der Waals surface area contributed by atoms with Crippen molar-refractivity contribution in [3.63, 3.8) is 0 Å². The number of aryl methyl sites for hydroxylation is 1. The Morgan fingerprint density at radius 3 is 2.38 bits per heavy atom. The first-order chi connectivity index (χ1) is 21.7. The minimum Gasteiger partial charge on any atom is -0.489 e. The number of carbonyl (C=O) groups excluding carboxylic acids is 2. The molecule has 1 atom stereocenters. The van der Waals surface area contributed by atoms with Gasteiger partial charge in [0.05, 0.1) is 18.8 Å². The van der Waals surface area contributed by atoms with Crippen LogP contribution >= 0.6 is 0 Å². The molecule has 0 saturated carbocycles. The Balaban J connectivity index is 1.47. The van der Waals surface area contributed by atoms with Crippen molar-refractivity contribution >= 4 is 11.9 Å². The van der Waals surface area contributed by atoms with Crippen LogP contribution in [0.5, 0.6) is 5.75 Å². The van der Waals surface area contributed by atoms with Crippen molar-refractivity contribution in [3.8, 4) is 5.75 Å². The van der Waals surface area contributed by atoms with E-state index in [-0.39, 0.29) is 23.4 Å². The van der Waals surface area contributed by atoms with Crippen LogP contribution in [0.4, 0.5) is 0 Å². The Bertz CT molecular complexity index is 1390. The summed E-state index contributed by atoms with van der Waals surface area (Å²) >= 11 is 0. The standard InChI is InChI=1S/C39H51NO5/c1-6-43-37(41)17-10-11-25-40(35-15-12-14-31-27-32(20-23-34(31)35)38(42)44-7-2)26-24-30-13-8-9-16-36(30)45-28-29-18-21-33(22-19-29)39(3,4)5/h8-9,13,16,18-23,27,35H,6-7,10-12,14-15,17,24-26,28H2,1-5H3. The van der Waals surface area contributed by atoms with Crippen LogP contribution in [0.15, 0.2) is 66.7 Å². The van der Waals surface area contributed by atoms with Gasteiger partial charge < -0.3 is 14.2 Å². The van der Waals surface area contributed by atoms with Crippen LogP contribution in [0.25, 0.3) is 0 Å². The third-order valence-corrected chi connectivity index (χ3v) is 8.61. The van der Waals surface area contributed by atoms with Gasteiger partial charge >= 0.3 is 11.9 Å². The summed E-state index contributed by atoms with van der Waals surface area (Å²) in [6.45, 7) is 13.4. The summed E-state index contributed by atoms with van der Waals surface area (Å²) in [7, 11) is 0. The summed E-state index contributed by atoms with van der Waals surface area (Å²) < 4.78 is 16.8. The molecule has 0 aliphatic heterocycles. The first-order valence-electron chi connectivity index (χ1n) is 16.7. The predicted octanol–water partition coefficient (Wildman–Crippen LogP) is 8.40. The molecule has 0 aromatic heterocycles. The molecular formula is C39H51NO5. The highest BCUT2D eigenvalue weighted by Gasteiger charge is 2.27. The number of benzene rings is 3. The van der Waals surface area contributed by atoms with Crippen LogP contribution in [-0.4, -0.2) is 43.1 Å². The average molecular weight is 614 g/mol. The normalized spacial score (nSPS) is 14.6. The minimum atomic E-state index is -0.264. The van der Waals surface area contributed by atoms with Crippen molar-refractivity contribution in [2.75, 3.05) is 26.3 Å². The van der Waals surface area contributed by atoms with Crippen LogP contribution in [0.3, 0.4) is 0 Å². The lowest BCUT2D eigenvalue weighted by Gasteiger charge is -2.36. The first-order valence-corrected chi connectivity index (χ1v) is 16.7. The number of fused-ring (bicyclic) bond motifs is 1. The smallest absolute Gasteiger partial charge is 0.338 e. The number of hydrogen-bond donors (Lipinski definition) is 0. The van der Waals surface area contributed by atoms with E-state index < -0.39 is 0 Å². The highest BCUT2D eigenvalue weighted by Crippen LogP contribution is 2.36. The number of rotatable bonds is 15.